The lowest BCUT2D eigenvalue weighted by Gasteiger charge is -2.10. The van der Waals surface area contributed by atoms with Crippen LogP contribution in [0.25, 0.3) is 0 Å². The Morgan fingerprint density at radius 3 is 2.93 bits per heavy atom. The van der Waals surface area contributed by atoms with Gasteiger partial charge in [-0.3, -0.25) is 0 Å². The zero-order valence-corrected chi connectivity index (χ0v) is 9.15. The number of sulfonamides is 1. The topological polar surface area (TPSA) is 58.2 Å². The van der Waals surface area contributed by atoms with Crippen molar-refractivity contribution < 1.29 is 8.42 Å². The third-order valence-electron chi connectivity index (χ3n) is 2.31. The lowest BCUT2D eigenvalue weighted by atomic mass is 10.2. The second kappa shape index (κ2) is 5.48. The van der Waals surface area contributed by atoms with E-state index in [9.17, 15) is 8.42 Å². The Bertz CT molecular complexity index is 269. The average Bonchev–Trinajstić information content (AvgIpc) is 2.56. The molecule has 1 aliphatic rings. The molecule has 0 aromatic carbocycles. The van der Waals surface area contributed by atoms with E-state index in [0.717, 1.165) is 19.4 Å². The van der Waals surface area contributed by atoms with E-state index in [4.69, 9.17) is 0 Å². The maximum Gasteiger partial charge on any atom is 0.215 e. The fourth-order valence-corrected chi connectivity index (χ4v) is 2.46. The number of rotatable bonds is 6. The van der Waals surface area contributed by atoms with Crippen LogP contribution >= 0.6 is 0 Å². The molecule has 1 fully saturated rings. The summed E-state index contributed by atoms with van der Waals surface area (Å²) in [5.74, 6) is 0.00505. The number of nitrogens with one attached hydrogen (secondary N) is 2. The Morgan fingerprint density at radius 2 is 2.36 bits per heavy atom. The van der Waals surface area contributed by atoms with Gasteiger partial charge in [-0.2, -0.15) is 0 Å². The van der Waals surface area contributed by atoms with E-state index in [1.165, 1.54) is 12.5 Å². The van der Waals surface area contributed by atoms with Gasteiger partial charge < -0.3 is 5.32 Å². The Balaban J connectivity index is 2.16. The van der Waals surface area contributed by atoms with Crippen LogP contribution in [0.15, 0.2) is 12.7 Å². The van der Waals surface area contributed by atoms with Gasteiger partial charge >= 0.3 is 0 Å². The van der Waals surface area contributed by atoms with E-state index in [-0.39, 0.29) is 5.75 Å². The third-order valence-corrected chi connectivity index (χ3v) is 3.63. The molecule has 1 atom stereocenters. The van der Waals surface area contributed by atoms with Crippen molar-refractivity contribution in [2.24, 2.45) is 0 Å². The maximum atomic E-state index is 11.2. The van der Waals surface area contributed by atoms with Crippen LogP contribution in [0, 0.1) is 0 Å². The van der Waals surface area contributed by atoms with Gasteiger partial charge in [0.1, 0.15) is 0 Å². The summed E-state index contributed by atoms with van der Waals surface area (Å²) in [6.45, 7) is 4.98. The Labute approximate surface area is 85.8 Å². The molecule has 0 aliphatic carbocycles. The molecule has 14 heavy (non-hydrogen) atoms. The SMILES string of the molecule is C=CCS(=O)(=O)NCC[C@@H]1CCCN1. The molecular weight excluding hydrogens is 200 g/mol. The lowest BCUT2D eigenvalue weighted by Crippen LogP contribution is -2.31. The van der Waals surface area contributed by atoms with Crippen molar-refractivity contribution in [1.82, 2.24) is 10.0 Å². The highest BCUT2D eigenvalue weighted by atomic mass is 32.2. The molecule has 0 spiro atoms. The van der Waals surface area contributed by atoms with Crippen molar-refractivity contribution in [1.29, 1.82) is 0 Å². The van der Waals surface area contributed by atoms with Gasteiger partial charge in [0.05, 0.1) is 5.75 Å². The zero-order valence-electron chi connectivity index (χ0n) is 8.33. The second-order valence-electron chi connectivity index (χ2n) is 3.55. The van der Waals surface area contributed by atoms with Crippen molar-refractivity contribution >= 4 is 10.0 Å². The number of hydrogen-bond acceptors (Lipinski definition) is 3. The molecule has 82 valence electrons. The van der Waals surface area contributed by atoms with E-state index < -0.39 is 10.0 Å². The maximum absolute atomic E-state index is 11.2. The van der Waals surface area contributed by atoms with Gasteiger partial charge in [0.15, 0.2) is 0 Å². The van der Waals surface area contributed by atoms with Crippen LogP contribution in [0.1, 0.15) is 19.3 Å². The van der Waals surface area contributed by atoms with Crippen molar-refractivity contribution in [2.45, 2.75) is 25.3 Å². The van der Waals surface area contributed by atoms with Crippen LogP contribution in [0.4, 0.5) is 0 Å². The summed E-state index contributed by atoms with van der Waals surface area (Å²) >= 11 is 0. The first-order valence-corrected chi connectivity index (χ1v) is 6.61. The van der Waals surface area contributed by atoms with Crippen LogP contribution in [0.2, 0.25) is 0 Å². The van der Waals surface area contributed by atoms with Crippen molar-refractivity contribution in [3.05, 3.63) is 12.7 Å². The molecule has 0 saturated carbocycles. The molecule has 5 heteroatoms. The molecule has 4 nitrogen and oxygen atoms in total. The molecule has 1 aliphatic heterocycles. The van der Waals surface area contributed by atoms with E-state index in [1.807, 2.05) is 0 Å². The highest BCUT2D eigenvalue weighted by Crippen LogP contribution is 2.07. The van der Waals surface area contributed by atoms with Crippen LogP contribution in [0.3, 0.4) is 0 Å². The van der Waals surface area contributed by atoms with Crippen LogP contribution < -0.4 is 10.0 Å². The molecule has 0 radical (unpaired) electrons. The summed E-state index contributed by atoms with van der Waals surface area (Å²) in [4.78, 5) is 0. The summed E-state index contributed by atoms with van der Waals surface area (Å²) in [7, 11) is -3.12. The second-order valence-corrected chi connectivity index (χ2v) is 5.40. The summed E-state index contributed by atoms with van der Waals surface area (Å²) in [5, 5.41) is 3.32. The smallest absolute Gasteiger partial charge is 0.215 e. The van der Waals surface area contributed by atoms with E-state index in [2.05, 4.69) is 16.6 Å². The van der Waals surface area contributed by atoms with Gasteiger partial charge in [-0.1, -0.05) is 6.08 Å². The first-order chi connectivity index (χ1) is 6.64. The van der Waals surface area contributed by atoms with E-state index in [0.29, 0.717) is 12.6 Å². The van der Waals surface area contributed by atoms with E-state index >= 15 is 0 Å². The molecule has 0 aromatic rings. The van der Waals surface area contributed by atoms with Crippen molar-refractivity contribution in [3.8, 4) is 0 Å². The minimum absolute atomic E-state index is 0.00505. The lowest BCUT2D eigenvalue weighted by molar-refractivity contribution is 0.540. The van der Waals surface area contributed by atoms with Gasteiger partial charge in [0.2, 0.25) is 10.0 Å². The Morgan fingerprint density at radius 1 is 1.57 bits per heavy atom. The molecule has 1 rings (SSSR count). The van der Waals surface area contributed by atoms with Gasteiger partial charge in [-0.25, -0.2) is 13.1 Å². The van der Waals surface area contributed by atoms with Gasteiger partial charge in [0, 0.05) is 12.6 Å². The fraction of sp³-hybridized carbons (Fsp3) is 0.778. The average molecular weight is 218 g/mol. The molecule has 1 heterocycles. The molecule has 0 bridgehead atoms. The Hall–Kier alpha value is -0.390. The predicted molar refractivity (Wildman–Crippen MR) is 57.6 cm³/mol. The first-order valence-electron chi connectivity index (χ1n) is 4.95. The molecule has 0 aromatic heterocycles. The highest BCUT2D eigenvalue weighted by molar-refractivity contribution is 7.89. The standard InChI is InChI=1S/C9H18N2O2S/c1-2-8-14(12,13)11-7-5-9-4-3-6-10-9/h2,9-11H,1,3-8H2/t9-/m0/s1. The fourth-order valence-electron chi connectivity index (χ4n) is 1.61. The molecular formula is C9H18N2O2S. The summed E-state index contributed by atoms with van der Waals surface area (Å²) < 4.78 is 25.0. The highest BCUT2D eigenvalue weighted by Gasteiger charge is 2.14. The molecule has 0 amide bonds. The largest absolute Gasteiger partial charge is 0.314 e. The zero-order chi connectivity index (χ0) is 10.4. The quantitative estimate of drug-likeness (QED) is 0.628. The van der Waals surface area contributed by atoms with Crippen molar-refractivity contribution in [3.63, 3.8) is 0 Å². The minimum atomic E-state index is -3.12. The van der Waals surface area contributed by atoms with Gasteiger partial charge in [-0.15, -0.1) is 6.58 Å². The van der Waals surface area contributed by atoms with Crippen LogP contribution in [-0.2, 0) is 10.0 Å². The third kappa shape index (κ3) is 4.21. The van der Waals surface area contributed by atoms with Gasteiger partial charge in [0.25, 0.3) is 0 Å². The Kier molecular flexibility index (Phi) is 4.57. The van der Waals surface area contributed by atoms with Crippen LogP contribution in [-0.4, -0.2) is 33.3 Å². The molecule has 2 N–H and O–H groups in total. The van der Waals surface area contributed by atoms with Crippen molar-refractivity contribution in [2.75, 3.05) is 18.8 Å². The summed E-state index contributed by atoms with van der Waals surface area (Å²) in [6, 6.07) is 0.487. The summed E-state index contributed by atoms with van der Waals surface area (Å²) in [6.07, 6.45) is 4.62. The summed E-state index contributed by atoms with van der Waals surface area (Å²) in [5.41, 5.74) is 0. The number of hydrogen-bond donors (Lipinski definition) is 2. The predicted octanol–water partition coefficient (Wildman–Crippen LogP) is 0.234. The van der Waals surface area contributed by atoms with E-state index in [1.54, 1.807) is 0 Å². The normalized spacial score (nSPS) is 22.4. The molecule has 1 saturated heterocycles. The minimum Gasteiger partial charge on any atom is -0.314 e. The first kappa shape index (κ1) is 11.7. The van der Waals surface area contributed by atoms with Gasteiger partial charge in [-0.05, 0) is 25.8 Å². The monoisotopic (exact) mass is 218 g/mol. The molecule has 0 unspecified atom stereocenters. The van der Waals surface area contributed by atoms with Crippen LogP contribution in [0.5, 0.6) is 0 Å².